The lowest BCUT2D eigenvalue weighted by Crippen LogP contribution is -2.38. The smallest absolute Gasteiger partial charge is 0.231 e. The average molecular weight is 361 g/mol. The first-order valence-corrected chi connectivity index (χ1v) is 9.19. The van der Waals surface area contributed by atoms with Gasteiger partial charge in [-0.05, 0) is 35.6 Å². The van der Waals surface area contributed by atoms with Crippen LogP contribution in [0.5, 0.6) is 11.5 Å². The number of amides is 1. The number of ether oxygens (including phenoxy) is 2. The van der Waals surface area contributed by atoms with E-state index in [4.69, 9.17) is 9.47 Å². The molecule has 2 atom stereocenters. The first kappa shape index (κ1) is 16.1. The molecule has 0 bridgehead atoms. The molecule has 1 N–H and O–H groups in total. The Kier molecular flexibility index (Phi) is 3.74. The Balaban J connectivity index is 1.52. The number of benzene rings is 2. The van der Waals surface area contributed by atoms with E-state index >= 15 is 0 Å². The molecule has 0 spiro atoms. The second-order valence-corrected chi connectivity index (χ2v) is 7.25. The number of hydrogen-bond acceptors (Lipinski definition) is 4. The third kappa shape index (κ3) is 2.79. The van der Waals surface area contributed by atoms with E-state index in [1.165, 1.54) is 0 Å². The summed E-state index contributed by atoms with van der Waals surface area (Å²) < 4.78 is 10.8. The molecule has 0 saturated heterocycles. The van der Waals surface area contributed by atoms with Gasteiger partial charge in [-0.25, -0.2) is 0 Å². The Morgan fingerprint density at radius 1 is 0.852 bits per heavy atom. The molecule has 5 heteroatoms. The van der Waals surface area contributed by atoms with Crippen molar-refractivity contribution in [3.63, 3.8) is 0 Å². The molecular weight excluding hydrogens is 342 g/mol. The Hall–Kier alpha value is -3.08. The maximum absolute atomic E-state index is 13.1. The summed E-state index contributed by atoms with van der Waals surface area (Å²) in [7, 11) is 0. The van der Waals surface area contributed by atoms with Gasteiger partial charge in [0, 0.05) is 30.0 Å². The number of nitrogens with one attached hydrogen (secondary N) is 1. The lowest BCUT2D eigenvalue weighted by molar-refractivity contribution is -0.122. The SMILES string of the molecule is O=C1CC(c2ccc3c(c2)OCO3)C2=C(CC(c3ccccc3)CC2=O)N1. The van der Waals surface area contributed by atoms with E-state index in [0.29, 0.717) is 24.3 Å². The molecular formula is C22H19NO4. The summed E-state index contributed by atoms with van der Waals surface area (Å²) in [5, 5.41) is 2.96. The van der Waals surface area contributed by atoms with Crippen molar-refractivity contribution in [2.75, 3.05) is 6.79 Å². The number of rotatable bonds is 2. The fourth-order valence-corrected chi connectivity index (χ4v) is 4.34. The summed E-state index contributed by atoms with van der Waals surface area (Å²) >= 11 is 0. The number of ketones is 1. The van der Waals surface area contributed by atoms with E-state index in [1.54, 1.807) is 0 Å². The van der Waals surface area contributed by atoms with Crippen molar-refractivity contribution in [1.82, 2.24) is 5.32 Å². The van der Waals surface area contributed by atoms with Gasteiger partial charge in [-0.3, -0.25) is 9.59 Å². The van der Waals surface area contributed by atoms with Crippen LogP contribution in [0.3, 0.4) is 0 Å². The number of carbonyl (C=O) groups excluding carboxylic acids is 2. The summed E-state index contributed by atoms with van der Waals surface area (Å²) in [6, 6.07) is 15.7. The third-order valence-corrected chi connectivity index (χ3v) is 5.61. The van der Waals surface area contributed by atoms with Gasteiger partial charge < -0.3 is 14.8 Å². The summed E-state index contributed by atoms with van der Waals surface area (Å²) in [6.45, 7) is 0.204. The fraction of sp³-hybridized carbons (Fsp3) is 0.273. The monoisotopic (exact) mass is 361 g/mol. The van der Waals surface area contributed by atoms with E-state index in [-0.39, 0.29) is 36.7 Å². The molecule has 2 unspecified atom stereocenters. The molecule has 0 radical (unpaired) electrons. The van der Waals surface area contributed by atoms with Crippen molar-refractivity contribution >= 4 is 11.7 Å². The van der Waals surface area contributed by atoms with Crippen molar-refractivity contribution < 1.29 is 19.1 Å². The zero-order valence-corrected chi connectivity index (χ0v) is 14.7. The highest BCUT2D eigenvalue weighted by atomic mass is 16.7. The second-order valence-electron chi connectivity index (χ2n) is 7.25. The van der Waals surface area contributed by atoms with Crippen molar-refractivity contribution in [1.29, 1.82) is 0 Å². The molecule has 0 aromatic heterocycles. The minimum Gasteiger partial charge on any atom is -0.454 e. The standard InChI is InChI=1S/C22H19NO4/c24-18-9-15(13-4-2-1-3-5-13)8-17-22(18)16(11-21(25)23-17)14-6-7-19-20(10-14)27-12-26-19/h1-7,10,15-16H,8-9,11-12H2,(H,23,25). The predicted octanol–water partition coefficient (Wildman–Crippen LogP) is 3.42. The number of fused-ring (bicyclic) bond motifs is 1. The van der Waals surface area contributed by atoms with E-state index < -0.39 is 0 Å². The van der Waals surface area contributed by atoms with E-state index in [9.17, 15) is 9.59 Å². The highest BCUT2D eigenvalue weighted by Gasteiger charge is 2.38. The molecule has 2 aliphatic heterocycles. The maximum Gasteiger partial charge on any atom is 0.231 e. The highest BCUT2D eigenvalue weighted by Crippen LogP contribution is 2.44. The van der Waals surface area contributed by atoms with Gasteiger partial charge in [-0.15, -0.1) is 0 Å². The van der Waals surface area contributed by atoms with Crippen molar-refractivity contribution in [2.24, 2.45) is 0 Å². The quantitative estimate of drug-likeness (QED) is 0.890. The Labute approximate surface area is 157 Å². The number of Topliss-reactive ketones (excluding diaryl/α,β-unsaturated/α-hetero) is 1. The molecule has 0 saturated carbocycles. The van der Waals surface area contributed by atoms with E-state index in [2.05, 4.69) is 5.32 Å². The van der Waals surface area contributed by atoms with E-state index in [1.807, 2.05) is 48.5 Å². The first-order chi connectivity index (χ1) is 13.2. The number of hydrogen-bond donors (Lipinski definition) is 1. The van der Waals surface area contributed by atoms with Crippen LogP contribution in [-0.4, -0.2) is 18.5 Å². The van der Waals surface area contributed by atoms with Gasteiger partial charge in [0.1, 0.15) is 0 Å². The number of allylic oxidation sites excluding steroid dienone is 2. The molecule has 5 nitrogen and oxygen atoms in total. The van der Waals surface area contributed by atoms with Crippen LogP contribution in [0.1, 0.15) is 42.2 Å². The first-order valence-electron chi connectivity index (χ1n) is 9.19. The Bertz CT molecular complexity index is 964. The predicted molar refractivity (Wildman–Crippen MR) is 98.5 cm³/mol. The summed E-state index contributed by atoms with van der Waals surface area (Å²) in [4.78, 5) is 25.4. The molecule has 136 valence electrons. The molecule has 2 aromatic carbocycles. The van der Waals surface area contributed by atoms with Crippen molar-refractivity contribution in [3.8, 4) is 11.5 Å². The summed E-state index contributed by atoms with van der Waals surface area (Å²) in [5.41, 5.74) is 3.59. The molecule has 2 heterocycles. The molecule has 27 heavy (non-hydrogen) atoms. The van der Waals surface area contributed by atoms with Gasteiger partial charge >= 0.3 is 0 Å². The van der Waals surface area contributed by atoms with Crippen LogP contribution >= 0.6 is 0 Å². The van der Waals surface area contributed by atoms with Gasteiger partial charge in [0.05, 0.1) is 0 Å². The topological polar surface area (TPSA) is 64.6 Å². The van der Waals surface area contributed by atoms with Crippen LogP contribution < -0.4 is 14.8 Å². The third-order valence-electron chi connectivity index (χ3n) is 5.61. The van der Waals surface area contributed by atoms with Crippen LogP contribution in [0.15, 0.2) is 59.8 Å². The lowest BCUT2D eigenvalue weighted by Gasteiger charge is -2.34. The summed E-state index contributed by atoms with van der Waals surface area (Å²) in [5.74, 6) is 1.32. The molecule has 0 fully saturated rings. The average Bonchev–Trinajstić information content (AvgIpc) is 3.15. The minimum absolute atomic E-state index is 0.0436. The van der Waals surface area contributed by atoms with Crippen LogP contribution in [0.25, 0.3) is 0 Å². The lowest BCUT2D eigenvalue weighted by atomic mass is 9.73. The van der Waals surface area contributed by atoms with Crippen LogP contribution in [0.2, 0.25) is 0 Å². The zero-order valence-electron chi connectivity index (χ0n) is 14.7. The van der Waals surface area contributed by atoms with Crippen molar-refractivity contribution in [2.45, 2.75) is 31.1 Å². The Morgan fingerprint density at radius 2 is 1.67 bits per heavy atom. The number of carbonyl (C=O) groups is 2. The molecule has 3 aliphatic rings. The zero-order chi connectivity index (χ0) is 18.4. The van der Waals surface area contributed by atoms with E-state index in [0.717, 1.165) is 22.4 Å². The minimum atomic E-state index is -0.229. The van der Waals surface area contributed by atoms with Crippen molar-refractivity contribution in [3.05, 3.63) is 70.9 Å². The van der Waals surface area contributed by atoms with Crippen LogP contribution in [0, 0.1) is 0 Å². The largest absolute Gasteiger partial charge is 0.454 e. The second kappa shape index (κ2) is 6.27. The van der Waals surface area contributed by atoms with Gasteiger partial charge in [0.15, 0.2) is 17.3 Å². The van der Waals surface area contributed by atoms with Gasteiger partial charge in [-0.1, -0.05) is 36.4 Å². The Morgan fingerprint density at radius 3 is 2.52 bits per heavy atom. The van der Waals surface area contributed by atoms with Crippen LogP contribution in [0.4, 0.5) is 0 Å². The molecule has 1 aliphatic carbocycles. The maximum atomic E-state index is 13.1. The van der Waals surface area contributed by atoms with Gasteiger partial charge in [0.2, 0.25) is 12.7 Å². The highest BCUT2D eigenvalue weighted by molar-refractivity contribution is 6.02. The van der Waals surface area contributed by atoms with Gasteiger partial charge in [0.25, 0.3) is 0 Å². The summed E-state index contributed by atoms with van der Waals surface area (Å²) in [6.07, 6.45) is 1.43. The molecule has 1 amide bonds. The fourth-order valence-electron chi connectivity index (χ4n) is 4.34. The normalized spacial score (nSPS) is 23.9. The molecule has 2 aromatic rings. The molecule has 5 rings (SSSR count). The van der Waals surface area contributed by atoms with Gasteiger partial charge in [-0.2, -0.15) is 0 Å². The van der Waals surface area contributed by atoms with Crippen LogP contribution in [-0.2, 0) is 9.59 Å².